The van der Waals surface area contributed by atoms with Crippen LogP contribution in [0.3, 0.4) is 0 Å². The summed E-state index contributed by atoms with van der Waals surface area (Å²) in [6, 6.07) is 6.46. The van der Waals surface area contributed by atoms with E-state index in [0.29, 0.717) is 12.5 Å². The Morgan fingerprint density at radius 2 is 2.18 bits per heavy atom. The van der Waals surface area contributed by atoms with E-state index in [4.69, 9.17) is 5.73 Å². The Morgan fingerprint density at radius 3 is 2.88 bits per heavy atom. The first-order valence-electron chi connectivity index (χ1n) is 5.63. The van der Waals surface area contributed by atoms with Gasteiger partial charge >= 0.3 is 0 Å². The van der Waals surface area contributed by atoms with Gasteiger partial charge in [0.15, 0.2) is 5.96 Å². The number of aliphatic imine (C=N–C) groups is 1. The molecule has 0 bridgehead atoms. The zero-order valence-corrected chi connectivity index (χ0v) is 10.4. The highest BCUT2D eigenvalue weighted by molar-refractivity contribution is 7.99. The van der Waals surface area contributed by atoms with Crippen LogP contribution in [0.4, 0.5) is 4.39 Å². The second kappa shape index (κ2) is 5.91. The largest absolute Gasteiger partial charge is 0.370 e. The van der Waals surface area contributed by atoms with Crippen molar-refractivity contribution in [3.63, 3.8) is 0 Å². The normalized spacial score (nSPS) is 17.2. The predicted molar refractivity (Wildman–Crippen MR) is 70.6 cm³/mol. The lowest BCUT2D eigenvalue weighted by molar-refractivity contribution is 0.455. The summed E-state index contributed by atoms with van der Waals surface area (Å²) in [5, 5.41) is 0. The van der Waals surface area contributed by atoms with Crippen molar-refractivity contribution in [1.29, 1.82) is 0 Å². The van der Waals surface area contributed by atoms with Crippen LogP contribution in [0.5, 0.6) is 0 Å². The van der Waals surface area contributed by atoms with Crippen molar-refractivity contribution >= 4 is 17.7 Å². The number of benzene rings is 1. The molecular formula is C12H16FN3S. The molecule has 0 saturated carbocycles. The molecule has 1 aromatic carbocycles. The Labute approximate surface area is 105 Å². The van der Waals surface area contributed by atoms with E-state index in [9.17, 15) is 4.39 Å². The minimum absolute atomic E-state index is 0.231. The molecule has 0 unspecified atom stereocenters. The van der Waals surface area contributed by atoms with Gasteiger partial charge in [-0.2, -0.15) is 11.8 Å². The maximum Gasteiger partial charge on any atom is 0.191 e. The minimum atomic E-state index is -0.231. The number of hydrogen-bond acceptors (Lipinski definition) is 2. The Morgan fingerprint density at radius 1 is 1.41 bits per heavy atom. The Kier molecular flexibility index (Phi) is 4.25. The second-order valence-corrected chi connectivity index (χ2v) is 5.13. The van der Waals surface area contributed by atoms with Crippen LogP contribution in [0.15, 0.2) is 29.3 Å². The third-order valence-electron chi connectivity index (χ3n) is 2.65. The van der Waals surface area contributed by atoms with Gasteiger partial charge in [-0.25, -0.2) is 9.38 Å². The summed E-state index contributed by atoms with van der Waals surface area (Å²) in [4.78, 5) is 6.38. The molecule has 5 heteroatoms. The quantitative estimate of drug-likeness (QED) is 0.644. The second-order valence-electron chi connectivity index (χ2n) is 3.90. The first-order chi connectivity index (χ1) is 8.25. The van der Waals surface area contributed by atoms with Crippen LogP contribution in [0.25, 0.3) is 0 Å². The van der Waals surface area contributed by atoms with Crippen molar-refractivity contribution in [3.05, 3.63) is 35.6 Å². The highest BCUT2D eigenvalue weighted by atomic mass is 32.2. The molecule has 0 radical (unpaired) electrons. The summed E-state index contributed by atoms with van der Waals surface area (Å²) in [6.45, 7) is 2.33. The molecule has 0 aliphatic carbocycles. The van der Waals surface area contributed by atoms with E-state index in [1.807, 2.05) is 17.8 Å². The van der Waals surface area contributed by atoms with E-state index in [1.165, 1.54) is 12.1 Å². The van der Waals surface area contributed by atoms with Crippen LogP contribution in [-0.2, 0) is 6.54 Å². The fourth-order valence-electron chi connectivity index (χ4n) is 1.70. The van der Waals surface area contributed by atoms with Crippen molar-refractivity contribution in [2.45, 2.75) is 6.54 Å². The highest BCUT2D eigenvalue weighted by Crippen LogP contribution is 2.09. The minimum Gasteiger partial charge on any atom is -0.370 e. The fourth-order valence-corrected chi connectivity index (χ4v) is 2.60. The first kappa shape index (κ1) is 12.2. The zero-order valence-electron chi connectivity index (χ0n) is 9.60. The number of nitrogens with two attached hydrogens (primary N) is 1. The topological polar surface area (TPSA) is 41.6 Å². The van der Waals surface area contributed by atoms with Gasteiger partial charge in [-0.1, -0.05) is 12.1 Å². The standard InChI is InChI=1S/C12H16FN3S/c13-11-3-1-2-10(8-11)9-15-12(14)16-4-6-17-7-5-16/h1-3,8H,4-7,9H2,(H2,14,15). The number of halogens is 1. The van der Waals surface area contributed by atoms with E-state index in [-0.39, 0.29) is 5.82 Å². The number of guanidine groups is 1. The van der Waals surface area contributed by atoms with Crippen molar-refractivity contribution in [2.75, 3.05) is 24.6 Å². The molecule has 0 aromatic heterocycles. The molecule has 1 aliphatic rings. The van der Waals surface area contributed by atoms with Crippen LogP contribution in [0.1, 0.15) is 5.56 Å². The molecule has 2 N–H and O–H groups in total. The van der Waals surface area contributed by atoms with Crippen LogP contribution in [0.2, 0.25) is 0 Å². The van der Waals surface area contributed by atoms with Crippen LogP contribution >= 0.6 is 11.8 Å². The summed E-state index contributed by atoms with van der Waals surface area (Å²) >= 11 is 1.93. The molecule has 3 nitrogen and oxygen atoms in total. The van der Waals surface area contributed by atoms with Gasteiger partial charge in [0.1, 0.15) is 5.82 Å². The Hall–Kier alpha value is -1.23. The molecule has 0 spiro atoms. The van der Waals surface area contributed by atoms with Crippen LogP contribution in [0, 0.1) is 5.82 Å². The van der Waals surface area contributed by atoms with Crippen LogP contribution < -0.4 is 5.73 Å². The van der Waals surface area contributed by atoms with E-state index in [2.05, 4.69) is 9.89 Å². The molecule has 1 aromatic rings. The van der Waals surface area contributed by atoms with E-state index in [1.54, 1.807) is 6.07 Å². The molecule has 2 rings (SSSR count). The molecular weight excluding hydrogens is 237 g/mol. The monoisotopic (exact) mass is 253 g/mol. The average Bonchev–Trinajstić information content (AvgIpc) is 2.37. The lowest BCUT2D eigenvalue weighted by Gasteiger charge is -2.27. The summed E-state index contributed by atoms with van der Waals surface area (Å²) in [5.41, 5.74) is 6.75. The highest BCUT2D eigenvalue weighted by Gasteiger charge is 2.11. The van der Waals surface area contributed by atoms with Crippen molar-refractivity contribution in [1.82, 2.24) is 4.90 Å². The lowest BCUT2D eigenvalue weighted by Crippen LogP contribution is -2.42. The average molecular weight is 253 g/mol. The summed E-state index contributed by atoms with van der Waals surface area (Å²) < 4.78 is 13.0. The summed E-state index contributed by atoms with van der Waals surface area (Å²) in [5.74, 6) is 2.52. The molecule has 1 fully saturated rings. The summed E-state index contributed by atoms with van der Waals surface area (Å²) in [7, 11) is 0. The fraction of sp³-hybridized carbons (Fsp3) is 0.417. The van der Waals surface area contributed by atoms with Gasteiger partial charge in [0.2, 0.25) is 0 Å². The van der Waals surface area contributed by atoms with Gasteiger partial charge in [0.05, 0.1) is 6.54 Å². The number of hydrogen-bond donors (Lipinski definition) is 1. The van der Waals surface area contributed by atoms with Gasteiger partial charge in [0.25, 0.3) is 0 Å². The van der Waals surface area contributed by atoms with Crippen molar-refractivity contribution < 1.29 is 4.39 Å². The van der Waals surface area contributed by atoms with Crippen molar-refractivity contribution in [2.24, 2.45) is 10.7 Å². The van der Waals surface area contributed by atoms with E-state index >= 15 is 0 Å². The molecule has 1 aliphatic heterocycles. The SMILES string of the molecule is NC(=NCc1cccc(F)c1)N1CCSCC1. The van der Waals surface area contributed by atoms with Crippen LogP contribution in [-0.4, -0.2) is 35.5 Å². The van der Waals surface area contributed by atoms with Gasteiger partial charge in [-0.05, 0) is 17.7 Å². The van der Waals surface area contributed by atoms with Crippen molar-refractivity contribution in [3.8, 4) is 0 Å². The smallest absolute Gasteiger partial charge is 0.191 e. The maximum absolute atomic E-state index is 13.0. The first-order valence-corrected chi connectivity index (χ1v) is 6.78. The number of nitrogens with zero attached hydrogens (tertiary/aromatic N) is 2. The predicted octanol–water partition coefficient (Wildman–Crippen LogP) is 1.69. The maximum atomic E-state index is 13.0. The third kappa shape index (κ3) is 3.63. The number of rotatable bonds is 2. The third-order valence-corrected chi connectivity index (χ3v) is 3.59. The van der Waals surface area contributed by atoms with E-state index in [0.717, 1.165) is 30.2 Å². The molecule has 17 heavy (non-hydrogen) atoms. The molecule has 0 atom stereocenters. The van der Waals surface area contributed by atoms with Gasteiger partial charge in [-0.15, -0.1) is 0 Å². The molecule has 0 amide bonds. The Bertz CT molecular complexity index is 402. The molecule has 1 saturated heterocycles. The van der Waals surface area contributed by atoms with Gasteiger partial charge in [-0.3, -0.25) is 0 Å². The molecule has 1 heterocycles. The Balaban J connectivity index is 1.95. The van der Waals surface area contributed by atoms with Gasteiger partial charge < -0.3 is 10.6 Å². The summed E-state index contributed by atoms with van der Waals surface area (Å²) in [6.07, 6.45) is 0. The van der Waals surface area contributed by atoms with E-state index < -0.39 is 0 Å². The lowest BCUT2D eigenvalue weighted by atomic mass is 10.2. The van der Waals surface area contributed by atoms with Gasteiger partial charge in [0, 0.05) is 24.6 Å². The zero-order chi connectivity index (χ0) is 12.1. The molecule has 92 valence electrons. The number of thioether (sulfide) groups is 1.